The van der Waals surface area contributed by atoms with Crippen molar-refractivity contribution in [3.8, 4) is 0 Å². The third kappa shape index (κ3) is 3.46. The monoisotopic (exact) mass is 205 g/mol. The maximum atomic E-state index is 10.6. The summed E-state index contributed by atoms with van der Waals surface area (Å²) in [6.07, 6.45) is 2.94. The van der Waals surface area contributed by atoms with Crippen LogP contribution in [0, 0.1) is 0 Å². The minimum Gasteiger partial charge on any atom is -0.478 e. The molecule has 3 N–H and O–H groups in total. The fourth-order valence-electron chi connectivity index (χ4n) is 1.42. The molecule has 15 heavy (non-hydrogen) atoms. The zero-order valence-corrected chi connectivity index (χ0v) is 8.73. The summed E-state index contributed by atoms with van der Waals surface area (Å²) in [6, 6.07) is 7.25. The topological polar surface area (TPSA) is 63.3 Å². The number of allylic oxidation sites excluding steroid dienone is 1. The maximum Gasteiger partial charge on any atom is 0.328 e. The number of carboxylic acids is 1. The number of benzene rings is 1. The first kappa shape index (κ1) is 11.3. The quantitative estimate of drug-likeness (QED) is 0.586. The van der Waals surface area contributed by atoms with E-state index in [2.05, 4.69) is 0 Å². The van der Waals surface area contributed by atoms with E-state index in [1.807, 2.05) is 19.1 Å². The summed E-state index contributed by atoms with van der Waals surface area (Å²) in [5, 5.41) is 8.73. The van der Waals surface area contributed by atoms with Crippen LogP contribution < -0.4 is 5.73 Å². The average Bonchev–Trinajstić information content (AvgIpc) is 2.17. The number of aliphatic carboxylic acids is 1. The van der Waals surface area contributed by atoms with Gasteiger partial charge in [0.2, 0.25) is 0 Å². The standard InChI is InChI=1S/C12H15NO2/c1-2-3-10(8-12(14)15)9-4-6-11(13)7-5-9/h4-8H,2-3,13H2,1H3,(H,14,15)/b10-8+. The van der Waals surface area contributed by atoms with Crippen molar-refractivity contribution in [2.24, 2.45) is 0 Å². The van der Waals surface area contributed by atoms with Crippen molar-refractivity contribution >= 4 is 17.2 Å². The summed E-state index contributed by atoms with van der Waals surface area (Å²) in [5.74, 6) is -0.907. The fourth-order valence-corrected chi connectivity index (χ4v) is 1.42. The predicted octanol–water partition coefficient (Wildman–Crippen LogP) is 2.54. The first-order valence-corrected chi connectivity index (χ1v) is 4.93. The molecule has 1 rings (SSSR count). The van der Waals surface area contributed by atoms with Gasteiger partial charge in [0.25, 0.3) is 0 Å². The Bertz CT molecular complexity index is 366. The minimum atomic E-state index is -0.907. The summed E-state index contributed by atoms with van der Waals surface area (Å²) in [7, 11) is 0. The van der Waals surface area contributed by atoms with Gasteiger partial charge in [0.1, 0.15) is 0 Å². The Morgan fingerprint density at radius 3 is 2.47 bits per heavy atom. The zero-order chi connectivity index (χ0) is 11.3. The van der Waals surface area contributed by atoms with E-state index in [-0.39, 0.29) is 0 Å². The molecule has 0 aromatic heterocycles. The van der Waals surface area contributed by atoms with Crippen LogP contribution in [-0.2, 0) is 4.79 Å². The van der Waals surface area contributed by atoms with E-state index in [1.54, 1.807) is 12.1 Å². The van der Waals surface area contributed by atoms with Crippen molar-refractivity contribution in [3.05, 3.63) is 35.9 Å². The van der Waals surface area contributed by atoms with E-state index in [0.29, 0.717) is 5.69 Å². The Balaban J connectivity index is 2.99. The summed E-state index contributed by atoms with van der Waals surface area (Å²) < 4.78 is 0. The Morgan fingerprint density at radius 1 is 1.40 bits per heavy atom. The van der Waals surface area contributed by atoms with Gasteiger partial charge in [-0.15, -0.1) is 0 Å². The minimum absolute atomic E-state index is 0.685. The number of nitrogen functional groups attached to an aromatic ring is 1. The fraction of sp³-hybridized carbons (Fsp3) is 0.250. The average molecular weight is 205 g/mol. The van der Waals surface area contributed by atoms with Gasteiger partial charge in [-0.25, -0.2) is 4.79 Å². The second kappa shape index (κ2) is 5.20. The second-order valence-corrected chi connectivity index (χ2v) is 3.38. The van der Waals surface area contributed by atoms with Crippen LogP contribution in [0.15, 0.2) is 30.3 Å². The number of rotatable bonds is 4. The summed E-state index contributed by atoms with van der Waals surface area (Å²) in [4.78, 5) is 10.6. The molecule has 0 heterocycles. The smallest absolute Gasteiger partial charge is 0.328 e. The number of hydrogen-bond donors (Lipinski definition) is 2. The van der Waals surface area contributed by atoms with Crippen molar-refractivity contribution in [2.45, 2.75) is 19.8 Å². The summed E-state index contributed by atoms with van der Waals surface area (Å²) >= 11 is 0. The largest absolute Gasteiger partial charge is 0.478 e. The van der Waals surface area contributed by atoms with E-state index >= 15 is 0 Å². The van der Waals surface area contributed by atoms with Crippen molar-refractivity contribution in [1.82, 2.24) is 0 Å². The Hall–Kier alpha value is -1.77. The van der Waals surface area contributed by atoms with Gasteiger partial charge < -0.3 is 10.8 Å². The lowest BCUT2D eigenvalue weighted by Gasteiger charge is -2.05. The van der Waals surface area contributed by atoms with Gasteiger partial charge in [0, 0.05) is 11.8 Å². The molecule has 0 fully saturated rings. The van der Waals surface area contributed by atoms with Crippen molar-refractivity contribution in [1.29, 1.82) is 0 Å². The maximum absolute atomic E-state index is 10.6. The number of anilines is 1. The molecule has 0 saturated heterocycles. The number of hydrogen-bond acceptors (Lipinski definition) is 2. The highest BCUT2D eigenvalue weighted by molar-refractivity contribution is 5.90. The predicted molar refractivity (Wildman–Crippen MR) is 61.4 cm³/mol. The normalized spacial score (nSPS) is 11.4. The number of nitrogens with two attached hydrogens (primary N) is 1. The van der Waals surface area contributed by atoms with Gasteiger partial charge in [-0.2, -0.15) is 0 Å². The number of carbonyl (C=O) groups is 1. The summed E-state index contributed by atoms with van der Waals surface area (Å²) in [5.41, 5.74) is 8.01. The van der Waals surface area contributed by atoms with E-state index in [4.69, 9.17) is 10.8 Å². The molecule has 0 aliphatic heterocycles. The van der Waals surface area contributed by atoms with Crippen LogP contribution in [-0.4, -0.2) is 11.1 Å². The van der Waals surface area contributed by atoms with E-state index < -0.39 is 5.97 Å². The Kier molecular flexibility index (Phi) is 3.92. The van der Waals surface area contributed by atoms with Crippen molar-refractivity contribution in [2.75, 3.05) is 5.73 Å². The van der Waals surface area contributed by atoms with Crippen LogP contribution >= 0.6 is 0 Å². The van der Waals surface area contributed by atoms with Gasteiger partial charge in [0.15, 0.2) is 0 Å². The molecule has 3 heteroatoms. The van der Waals surface area contributed by atoms with E-state index in [9.17, 15) is 4.79 Å². The lowest BCUT2D eigenvalue weighted by Crippen LogP contribution is -1.93. The van der Waals surface area contributed by atoms with Crippen LogP contribution in [0.1, 0.15) is 25.3 Å². The van der Waals surface area contributed by atoms with Gasteiger partial charge in [-0.1, -0.05) is 25.5 Å². The molecule has 0 aliphatic rings. The molecule has 0 saturated carbocycles. The van der Waals surface area contributed by atoms with Crippen molar-refractivity contribution < 1.29 is 9.90 Å². The molecule has 0 atom stereocenters. The van der Waals surface area contributed by atoms with Gasteiger partial charge >= 0.3 is 5.97 Å². The summed E-state index contributed by atoms with van der Waals surface area (Å²) in [6.45, 7) is 2.02. The molecule has 0 spiro atoms. The lowest BCUT2D eigenvalue weighted by molar-refractivity contribution is -0.131. The molecule has 0 amide bonds. The highest BCUT2D eigenvalue weighted by Gasteiger charge is 2.02. The third-order valence-corrected chi connectivity index (χ3v) is 2.10. The van der Waals surface area contributed by atoms with Gasteiger partial charge in [0.05, 0.1) is 0 Å². The van der Waals surface area contributed by atoms with Crippen LogP contribution in [0.25, 0.3) is 5.57 Å². The van der Waals surface area contributed by atoms with E-state index in [0.717, 1.165) is 24.0 Å². The van der Waals surface area contributed by atoms with Crippen LogP contribution in [0.5, 0.6) is 0 Å². The van der Waals surface area contributed by atoms with Crippen LogP contribution in [0.3, 0.4) is 0 Å². The molecular weight excluding hydrogens is 190 g/mol. The molecule has 0 aliphatic carbocycles. The Morgan fingerprint density at radius 2 is 2.00 bits per heavy atom. The highest BCUT2D eigenvalue weighted by Crippen LogP contribution is 2.20. The van der Waals surface area contributed by atoms with Crippen LogP contribution in [0.2, 0.25) is 0 Å². The first-order chi connectivity index (χ1) is 7.13. The Labute approximate surface area is 89.2 Å². The molecule has 0 unspecified atom stereocenters. The first-order valence-electron chi connectivity index (χ1n) is 4.93. The molecule has 0 bridgehead atoms. The highest BCUT2D eigenvalue weighted by atomic mass is 16.4. The second-order valence-electron chi connectivity index (χ2n) is 3.38. The van der Waals surface area contributed by atoms with E-state index in [1.165, 1.54) is 6.08 Å². The molecular formula is C12H15NO2. The molecule has 1 aromatic carbocycles. The molecule has 1 aromatic rings. The lowest BCUT2D eigenvalue weighted by atomic mass is 10.0. The third-order valence-electron chi connectivity index (χ3n) is 2.10. The molecule has 80 valence electrons. The van der Waals surface area contributed by atoms with Crippen LogP contribution in [0.4, 0.5) is 5.69 Å². The molecule has 0 radical (unpaired) electrons. The van der Waals surface area contributed by atoms with Gasteiger partial charge in [-0.05, 0) is 29.7 Å². The van der Waals surface area contributed by atoms with Crippen molar-refractivity contribution in [3.63, 3.8) is 0 Å². The zero-order valence-electron chi connectivity index (χ0n) is 8.73. The van der Waals surface area contributed by atoms with Gasteiger partial charge in [-0.3, -0.25) is 0 Å². The molecule has 3 nitrogen and oxygen atoms in total. The number of carboxylic acid groups (broad SMARTS) is 1. The SMILES string of the molecule is CCC/C(=C\C(=O)O)c1ccc(N)cc1.